The summed E-state index contributed by atoms with van der Waals surface area (Å²) < 4.78 is 43.7. The predicted octanol–water partition coefficient (Wildman–Crippen LogP) is 1.80. The number of primary amides is 1. The molecule has 1 aromatic carbocycles. The number of phenolic OH excluding ortho intramolecular Hbond substituents is 1. The van der Waals surface area contributed by atoms with Gasteiger partial charge in [-0.1, -0.05) is 6.92 Å². The van der Waals surface area contributed by atoms with Crippen molar-refractivity contribution in [3.63, 3.8) is 0 Å². The second-order valence-electron chi connectivity index (χ2n) is 10.9. The number of carbonyl (C=O) groups excluding carboxylic acids is 3. The van der Waals surface area contributed by atoms with E-state index in [1.165, 1.54) is 11.9 Å². The number of hydrogen-bond acceptors (Lipinski definition) is 9. The molecule has 1 amide bonds. The third-order valence-electron chi connectivity index (χ3n) is 8.89. The summed E-state index contributed by atoms with van der Waals surface area (Å²) in [4.78, 5) is 40.7. The highest BCUT2D eigenvalue weighted by molar-refractivity contribution is 6.24. The first-order chi connectivity index (χ1) is 18.7. The summed E-state index contributed by atoms with van der Waals surface area (Å²) in [6, 6.07) is -1.06. The number of halogens is 3. The van der Waals surface area contributed by atoms with Gasteiger partial charge in [-0.25, -0.2) is 0 Å². The van der Waals surface area contributed by atoms with Crippen molar-refractivity contribution in [2.45, 2.75) is 56.5 Å². The zero-order valence-corrected chi connectivity index (χ0v) is 21.8. The fourth-order valence-electron chi connectivity index (χ4n) is 7.02. The lowest BCUT2D eigenvalue weighted by Gasteiger charge is -2.50. The lowest BCUT2D eigenvalue weighted by molar-refractivity contribution is -0.154. The normalized spacial score (nSPS) is 30.5. The zero-order chi connectivity index (χ0) is 29.5. The number of alkyl halides is 3. The van der Waals surface area contributed by atoms with Crippen molar-refractivity contribution in [3.05, 3.63) is 45.2 Å². The maximum Gasteiger partial charge on any atom is 0.417 e. The monoisotopic (exact) mass is 565 g/mol. The van der Waals surface area contributed by atoms with Gasteiger partial charge in [-0.3, -0.25) is 19.3 Å². The number of nitrogens with two attached hydrogens (primary N) is 1. The smallest absolute Gasteiger partial charge is 0.417 e. The molecular weight excluding hydrogens is 535 g/mol. The van der Waals surface area contributed by atoms with Crippen LogP contribution in [0, 0.1) is 11.8 Å². The minimum absolute atomic E-state index is 0.167. The van der Waals surface area contributed by atoms with Crippen LogP contribution >= 0.6 is 0 Å². The molecule has 4 aliphatic rings. The largest absolute Gasteiger partial charge is 0.508 e. The molecule has 40 heavy (non-hydrogen) atoms. The molecule has 0 bridgehead atoms. The van der Waals surface area contributed by atoms with Crippen LogP contribution in [-0.4, -0.2) is 74.6 Å². The van der Waals surface area contributed by atoms with Crippen LogP contribution in [0.1, 0.15) is 54.5 Å². The Morgan fingerprint density at radius 3 is 2.48 bits per heavy atom. The van der Waals surface area contributed by atoms with Crippen molar-refractivity contribution in [2.75, 3.05) is 20.1 Å². The highest BCUT2D eigenvalue weighted by atomic mass is 19.4. The minimum atomic E-state index is -4.86. The van der Waals surface area contributed by atoms with Crippen molar-refractivity contribution in [2.24, 2.45) is 17.6 Å². The van der Waals surface area contributed by atoms with Gasteiger partial charge in [-0.2, -0.15) is 13.2 Å². The van der Waals surface area contributed by atoms with Crippen LogP contribution in [0.2, 0.25) is 0 Å². The number of hydrogen-bond donors (Lipinski definition) is 6. The van der Waals surface area contributed by atoms with E-state index in [0.29, 0.717) is 19.4 Å². The highest BCUT2D eigenvalue weighted by Gasteiger charge is 2.64. The first kappa shape index (κ1) is 28.1. The first-order valence-corrected chi connectivity index (χ1v) is 13.0. The lowest BCUT2D eigenvalue weighted by Crippen LogP contribution is -2.66. The van der Waals surface area contributed by atoms with Crippen LogP contribution in [0.4, 0.5) is 13.2 Å². The van der Waals surface area contributed by atoms with Crippen molar-refractivity contribution in [1.82, 2.24) is 10.2 Å². The highest BCUT2D eigenvalue weighted by Crippen LogP contribution is 2.55. The second kappa shape index (κ2) is 9.32. The van der Waals surface area contributed by atoms with Gasteiger partial charge in [0.1, 0.15) is 22.8 Å². The number of aliphatic hydroxyl groups excluding tert-OH is 2. The van der Waals surface area contributed by atoms with Gasteiger partial charge in [0, 0.05) is 17.5 Å². The number of likely N-dealkylation sites (N-methyl/N-ethyl adjacent to an activating group) is 1. The summed E-state index contributed by atoms with van der Waals surface area (Å²) in [7, 11) is 1.49. The number of rotatable bonds is 4. The average molecular weight is 566 g/mol. The molecule has 1 aromatic rings. The van der Waals surface area contributed by atoms with E-state index < -0.39 is 99.1 Å². The number of ketones is 2. The van der Waals surface area contributed by atoms with E-state index in [0.717, 1.165) is 6.07 Å². The Hall–Kier alpha value is -3.42. The van der Waals surface area contributed by atoms with Gasteiger partial charge in [0.2, 0.25) is 5.78 Å². The average Bonchev–Trinajstić information content (AvgIpc) is 3.39. The number of benzene rings is 1. The standard InChI is InChI=1S/C27H30F3N3O7/c1-3-33(2)20-13-8-10-7-12-17(15(34)9-11(14-5-4-6-32-14)19(12)27(28,29)30)21(35)16(10)23(37)26(13,40)24(38)18(22(20)36)25(31)39/h9-10,13-14,20,32,34-35,38,40H,3-8H2,1-2H3,(H2,31,39)/t10-,13-,14+,20-,26-/m0/s1. The third-order valence-corrected chi connectivity index (χ3v) is 8.89. The number of aliphatic hydroxyl groups is 3. The Kier molecular flexibility index (Phi) is 6.55. The first-order valence-electron chi connectivity index (χ1n) is 13.0. The van der Waals surface area contributed by atoms with Gasteiger partial charge >= 0.3 is 6.18 Å². The summed E-state index contributed by atoms with van der Waals surface area (Å²) >= 11 is 0. The van der Waals surface area contributed by atoms with Crippen molar-refractivity contribution in [3.8, 4) is 5.75 Å². The summed E-state index contributed by atoms with van der Waals surface area (Å²) in [5, 5.41) is 47.7. The summed E-state index contributed by atoms with van der Waals surface area (Å²) in [6.07, 6.45) is -4.54. The number of nitrogens with one attached hydrogen (secondary N) is 1. The number of Topliss-reactive ketones (excluding diaryl/α,β-unsaturated/α-hetero) is 2. The van der Waals surface area contributed by atoms with Crippen LogP contribution in [0.5, 0.6) is 5.75 Å². The Balaban J connectivity index is 1.76. The van der Waals surface area contributed by atoms with Crippen LogP contribution in [-0.2, 0) is 27.0 Å². The fourth-order valence-corrected chi connectivity index (χ4v) is 7.02. The second-order valence-corrected chi connectivity index (χ2v) is 10.9. The number of carbonyl (C=O) groups is 3. The van der Waals surface area contributed by atoms with Gasteiger partial charge in [0.15, 0.2) is 11.4 Å². The van der Waals surface area contributed by atoms with Crippen molar-refractivity contribution >= 4 is 23.2 Å². The molecule has 0 unspecified atom stereocenters. The van der Waals surface area contributed by atoms with E-state index in [1.807, 2.05) is 0 Å². The molecule has 2 fully saturated rings. The molecule has 1 saturated carbocycles. The van der Waals surface area contributed by atoms with Gasteiger partial charge in [0.05, 0.1) is 17.2 Å². The van der Waals surface area contributed by atoms with E-state index in [-0.39, 0.29) is 24.1 Å². The van der Waals surface area contributed by atoms with Gasteiger partial charge in [0.25, 0.3) is 5.91 Å². The molecule has 5 atom stereocenters. The van der Waals surface area contributed by atoms with E-state index in [2.05, 4.69) is 5.32 Å². The number of amides is 1. The maximum absolute atomic E-state index is 14.6. The van der Waals surface area contributed by atoms with Gasteiger partial charge in [-0.05, 0) is 68.9 Å². The quantitative estimate of drug-likeness (QED) is 0.298. The molecule has 13 heteroatoms. The van der Waals surface area contributed by atoms with Crippen LogP contribution in [0.25, 0.3) is 5.76 Å². The molecule has 0 aromatic heterocycles. The minimum Gasteiger partial charge on any atom is -0.508 e. The molecule has 0 radical (unpaired) electrons. The molecule has 216 valence electrons. The van der Waals surface area contributed by atoms with Crippen molar-refractivity contribution in [1.29, 1.82) is 0 Å². The lowest BCUT2D eigenvalue weighted by atomic mass is 9.57. The van der Waals surface area contributed by atoms with Crippen LogP contribution < -0.4 is 11.1 Å². The fraction of sp³-hybridized carbons (Fsp3) is 0.519. The predicted molar refractivity (Wildman–Crippen MR) is 134 cm³/mol. The Labute approximate surface area is 227 Å². The third kappa shape index (κ3) is 3.78. The van der Waals surface area contributed by atoms with Crippen molar-refractivity contribution < 1.29 is 48.0 Å². The van der Waals surface area contributed by atoms with E-state index >= 15 is 0 Å². The number of fused-ring (bicyclic) bond motifs is 3. The maximum atomic E-state index is 14.6. The SMILES string of the molecule is CCN(C)[C@@H]1C(=O)C(C(N)=O)=C(O)[C@@]2(O)C(=O)C3=C(O)c4c(O)cc([C@H]5CCCN5)c(C(F)(F)F)c4C[C@H]3C[C@@H]12. The molecule has 1 saturated heterocycles. The summed E-state index contributed by atoms with van der Waals surface area (Å²) in [5.74, 6) is -8.91. The number of nitrogens with zero attached hydrogens (tertiary/aromatic N) is 1. The molecule has 5 rings (SSSR count). The molecule has 7 N–H and O–H groups in total. The Bertz CT molecular complexity index is 1400. The number of phenols is 1. The van der Waals surface area contributed by atoms with Crippen LogP contribution in [0.3, 0.4) is 0 Å². The van der Waals surface area contributed by atoms with E-state index in [4.69, 9.17) is 5.73 Å². The summed E-state index contributed by atoms with van der Waals surface area (Å²) in [6.45, 7) is 2.39. The zero-order valence-electron chi connectivity index (χ0n) is 21.8. The molecule has 0 spiro atoms. The van der Waals surface area contributed by atoms with E-state index in [1.54, 1.807) is 6.92 Å². The van der Waals surface area contributed by atoms with Gasteiger partial charge in [-0.15, -0.1) is 0 Å². The topological polar surface area (TPSA) is 173 Å². The van der Waals surface area contributed by atoms with Gasteiger partial charge < -0.3 is 31.5 Å². The van der Waals surface area contributed by atoms with Crippen LogP contribution in [0.15, 0.2) is 23.0 Å². The molecular formula is C27H30F3N3O7. The molecule has 1 aliphatic heterocycles. The molecule has 1 heterocycles. The number of aromatic hydroxyl groups is 1. The molecule has 3 aliphatic carbocycles. The van der Waals surface area contributed by atoms with E-state index in [9.17, 15) is 48.0 Å². The Morgan fingerprint density at radius 2 is 1.93 bits per heavy atom. The summed E-state index contributed by atoms with van der Waals surface area (Å²) in [5.41, 5.74) is -1.14. The Morgan fingerprint density at radius 1 is 1.25 bits per heavy atom. The molecule has 10 nitrogen and oxygen atoms in total.